The molecule has 0 aromatic heterocycles. The lowest BCUT2D eigenvalue weighted by Gasteiger charge is -2.09. The molecule has 144 valence electrons. The van der Waals surface area contributed by atoms with Gasteiger partial charge >= 0.3 is 0 Å². The fourth-order valence-electron chi connectivity index (χ4n) is 2.10. The van der Waals surface area contributed by atoms with Crippen LogP contribution >= 0.6 is 0 Å². The molecular weight excluding hydrogens is 381 g/mol. The van der Waals surface area contributed by atoms with Crippen LogP contribution in [0, 0.1) is 15.9 Å². The lowest BCUT2D eigenvalue weighted by molar-refractivity contribution is -0.384. The Balaban J connectivity index is 1.97. The summed E-state index contributed by atoms with van der Waals surface area (Å²) in [5.74, 6) is -0.939. The van der Waals surface area contributed by atoms with E-state index in [9.17, 15) is 27.7 Å². The fourth-order valence-corrected chi connectivity index (χ4v) is 3.14. The van der Waals surface area contributed by atoms with Crippen molar-refractivity contribution in [1.29, 1.82) is 0 Å². The van der Waals surface area contributed by atoms with Gasteiger partial charge in [-0.3, -0.25) is 14.9 Å². The number of hydrogen-bond donors (Lipinski definition) is 2. The maximum absolute atomic E-state index is 12.9. The second kappa shape index (κ2) is 8.56. The van der Waals surface area contributed by atoms with Crippen LogP contribution in [0.25, 0.3) is 0 Å². The van der Waals surface area contributed by atoms with Crippen molar-refractivity contribution < 1.29 is 27.3 Å². The molecule has 0 aliphatic carbocycles. The molecule has 11 heteroatoms. The van der Waals surface area contributed by atoms with Crippen LogP contribution in [0.2, 0.25) is 0 Å². The first kappa shape index (κ1) is 20.3. The summed E-state index contributed by atoms with van der Waals surface area (Å²) < 4.78 is 44.0. The van der Waals surface area contributed by atoms with E-state index in [-0.39, 0.29) is 35.0 Å². The van der Waals surface area contributed by atoms with E-state index in [0.29, 0.717) is 0 Å². The first-order valence-corrected chi connectivity index (χ1v) is 9.09. The molecular formula is C16H16FN3O6S. The number of anilines is 1. The van der Waals surface area contributed by atoms with Crippen molar-refractivity contribution >= 4 is 27.3 Å². The predicted octanol–water partition coefficient (Wildman–Crippen LogP) is 2.05. The van der Waals surface area contributed by atoms with Crippen LogP contribution in [0.3, 0.4) is 0 Å². The van der Waals surface area contributed by atoms with Crippen molar-refractivity contribution in [2.75, 3.05) is 19.0 Å². The third-order valence-electron chi connectivity index (χ3n) is 3.44. The van der Waals surface area contributed by atoms with E-state index in [1.54, 1.807) is 0 Å². The Kier molecular flexibility index (Phi) is 6.42. The number of nitro groups is 1. The normalized spacial score (nSPS) is 11.0. The van der Waals surface area contributed by atoms with Crippen molar-refractivity contribution in [2.45, 2.75) is 11.3 Å². The number of nitrogens with zero attached hydrogens (tertiary/aromatic N) is 1. The summed E-state index contributed by atoms with van der Waals surface area (Å²) in [4.78, 5) is 22.2. The summed E-state index contributed by atoms with van der Waals surface area (Å²) in [6, 6.07) is 8.12. The van der Waals surface area contributed by atoms with E-state index in [1.165, 1.54) is 19.2 Å². The van der Waals surface area contributed by atoms with Gasteiger partial charge in [0.15, 0.2) is 0 Å². The number of ether oxygens (including phenoxy) is 1. The zero-order valence-electron chi connectivity index (χ0n) is 14.1. The molecule has 2 N–H and O–H groups in total. The number of hydrogen-bond acceptors (Lipinski definition) is 6. The molecule has 0 saturated heterocycles. The molecule has 2 aromatic rings. The average molecular weight is 397 g/mol. The minimum Gasteiger partial charge on any atom is -0.496 e. The van der Waals surface area contributed by atoms with Crippen LogP contribution in [0.15, 0.2) is 47.4 Å². The van der Waals surface area contributed by atoms with Gasteiger partial charge in [-0.05, 0) is 36.4 Å². The molecule has 27 heavy (non-hydrogen) atoms. The number of halogens is 1. The summed E-state index contributed by atoms with van der Waals surface area (Å²) >= 11 is 0. The van der Waals surface area contributed by atoms with E-state index in [4.69, 9.17) is 4.74 Å². The molecule has 0 bridgehead atoms. The number of benzene rings is 2. The molecule has 0 unspecified atom stereocenters. The van der Waals surface area contributed by atoms with Crippen molar-refractivity contribution in [2.24, 2.45) is 0 Å². The number of rotatable bonds is 8. The summed E-state index contributed by atoms with van der Waals surface area (Å²) in [6.45, 7) is -0.241. The third-order valence-corrected chi connectivity index (χ3v) is 4.92. The maximum atomic E-state index is 12.9. The van der Waals surface area contributed by atoms with Gasteiger partial charge in [0.25, 0.3) is 5.69 Å². The SMILES string of the molecule is COc1ccc(NC(=O)CCNS(=O)(=O)c2ccc(F)cc2)c([N+](=O)[O-])c1. The first-order valence-electron chi connectivity index (χ1n) is 7.60. The molecule has 0 atom stereocenters. The Morgan fingerprint density at radius 3 is 2.48 bits per heavy atom. The summed E-state index contributed by atoms with van der Waals surface area (Å²) in [6.07, 6.45) is -0.260. The molecule has 0 aliphatic heterocycles. The highest BCUT2D eigenvalue weighted by Crippen LogP contribution is 2.28. The molecule has 0 heterocycles. The Hall–Kier alpha value is -3.05. The molecule has 2 rings (SSSR count). The van der Waals surface area contributed by atoms with E-state index in [1.807, 2.05) is 0 Å². The minimum absolute atomic E-state index is 0.0350. The van der Waals surface area contributed by atoms with Gasteiger partial charge in [0.05, 0.1) is 23.0 Å². The number of nitro benzene ring substituents is 1. The zero-order valence-corrected chi connectivity index (χ0v) is 15.0. The lowest BCUT2D eigenvalue weighted by Crippen LogP contribution is -2.28. The molecule has 2 aromatic carbocycles. The van der Waals surface area contributed by atoms with Gasteiger partial charge in [0, 0.05) is 13.0 Å². The Bertz CT molecular complexity index is 947. The smallest absolute Gasteiger partial charge is 0.296 e. The highest BCUT2D eigenvalue weighted by atomic mass is 32.2. The van der Waals surface area contributed by atoms with Gasteiger partial charge in [-0.2, -0.15) is 0 Å². The van der Waals surface area contributed by atoms with Gasteiger partial charge in [-0.15, -0.1) is 0 Å². The van der Waals surface area contributed by atoms with Crippen LogP contribution in [0.1, 0.15) is 6.42 Å². The standard InChI is InChI=1S/C16H16FN3O6S/c1-26-12-4-7-14(15(10-12)20(22)23)19-16(21)8-9-18-27(24,25)13-5-2-11(17)3-6-13/h2-7,10,18H,8-9H2,1H3,(H,19,21). The lowest BCUT2D eigenvalue weighted by atomic mass is 10.2. The Labute approximate surface area is 154 Å². The number of methoxy groups -OCH3 is 1. The number of carbonyl (C=O) groups is 1. The van der Waals surface area contributed by atoms with E-state index in [0.717, 1.165) is 30.3 Å². The van der Waals surface area contributed by atoms with Crippen LogP contribution in [0.4, 0.5) is 15.8 Å². The number of sulfonamides is 1. The Morgan fingerprint density at radius 2 is 1.89 bits per heavy atom. The van der Waals surface area contributed by atoms with Crippen molar-refractivity contribution in [1.82, 2.24) is 4.72 Å². The van der Waals surface area contributed by atoms with Crippen LogP contribution in [-0.2, 0) is 14.8 Å². The number of amides is 1. The van der Waals surface area contributed by atoms with Crippen molar-refractivity contribution in [3.63, 3.8) is 0 Å². The molecule has 0 saturated carbocycles. The zero-order chi connectivity index (χ0) is 20.0. The minimum atomic E-state index is -3.90. The molecule has 0 radical (unpaired) electrons. The maximum Gasteiger partial charge on any atom is 0.296 e. The first-order chi connectivity index (χ1) is 12.7. The topological polar surface area (TPSA) is 128 Å². The van der Waals surface area contributed by atoms with Crippen LogP contribution in [-0.4, -0.2) is 32.9 Å². The fraction of sp³-hybridized carbons (Fsp3) is 0.188. The van der Waals surface area contributed by atoms with Gasteiger partial charge in [0.2, 0.25) is 15.9 Å². The summed E-state index contributed by atoms with van der Waals surface area (Å²) in [5, 5.41) is 13.4. The van der Waals surface area contributed by atoms with E-state index >= 15 is 0 Å². The van der Waals surface area contributed by atoms with Crippen molar-refractivity contribution in [3.8, 4) is 5.75 Å². The van der Waals surface area contributed by atoms with Gasteiger partial charge < -0.3 is 10.1 Å². The van der Waals surface area contributed by atoms with Gasteiger partial charge in [-0.1, -0.05) is 0 Å². The predicted molar refractivity (Wildman–Crippen MR) is 94.5 cm³/mol. The second-order valence-electron chi connectivity index (χ2n) is 5.29. The molecule has 0 aliphatic rings. The monoisotopic (exact) mass is 397 g/mol. The largest absolute Gasteiger partial charge is 0.496 e. The summed E-state index contributed by atoms with van der Waals surface area (Å²) in [7, 11) is -2.55. The highest BCUT2D eigenvalue weighted by molar-refractivity contribution is 7.89. The molecule has 9 nitrogen and oxygen atoms in total. The second-order valence-corrected chi connectivity index (χ2v) is 7.06. The quantitative estimate of drug-likeness (QED) is 0.518. The van der Waals surface area contributed by atoms with Crippen LogP contribution < -0.4 is 14.8 Å². The third kappa shape index (κ3) is 5.46. The average Bonchev–Trinajstić information content (AvgIpc) is 2.62. The number of nitrogens with one attached hydrogen (secondary N) is 2. The van der Waals surface area contributed by atoms with Gasteiger partial charge in [0.1, 0.15) is 17.3 Å². The number of carbonyl (C=O) groups excluding carboxylic acids is 1. The van der Waals surface area contributed by atoms with E-state index in [2.05, 4.69) is 10.0 Å². The van der Waals surface area contributed by atoms with E-state index < -0.39 is 26.7 Å². The van der Waals surface area contributed by atoms with Gasteiger partial charge in [-0.25, -0.2) is 17.5 Å². The molecule has 1 amide bonds. The summed E-state index contributed by atoms with van der Waals surface area (Å²) in [5.41, 5.74) is -0.387. The molecule has 0 fully saturated rings. The van der Waals surface area contributed by atoms with Crippen LogP contribution in [0.5, 0.6) is 5.75 Å². The van der Waals surface area contributed by atoms with Crippen molar-refractivity contribution in [3.05, 3.63) is 58.4 Å². The Morgan fingerprint density at radius 1 is 1.22 bits per heavy atom. The molecule has 0 spiro atoms. The highest BCUT2D eigenvalue weighted by Gasteiger charge is 2.18.